The highest BCUT2D eigenvalue weighted by molar-refractivity contribution is 5.98. The van der Waals surface area contributed by atoms with Crippen LogP contribution in [-0.4, -0.2) is 130 Å². The highest BCUT2D eigenvalue weighted by Crippen LogP contribution is 2.25. The van der Waals surface area contributed by atoms with Gasteiger partial charge >= 0.3 is 12.0 Å². The number of aliphatic hydroxyl groups excluding tert-OH is 1. The SMILES string of the molecule is C[C@@H]1NC(=O)[C@H](CCO)N(C)C(=O)[C@@H]2CCCN2C(=O)[C@@H](NC(=O)[C@H](Cc2ccccc2)NC(=O)Nc2ccccc2)[C@H](C)OC(=O)[C@@H]2CCCN2C1=O. The first-order chi connectivity index (χ1) is 25.9. The first kappa shape index (κ1) is 39.7. The van der Waals surface area contributed by atoms with E-state index in [0.29, 0.717) is 18.5 Å². The van der Waals surface area contributed by atoms with Crippen molar-refractivity contribution in [1.82, 2.24) is 30.7 Å². The normalized spacial score (nSPS) is 26.0. The molecule has 5 N–H and O–H groups in total. The maximum atomic E-state index is 14.5. The van der Waals surface area contributed by atoms with E-state index in [2.05, 4.69) is 21.3 Å². The number of hydrogen-bond acceptors (Lipinski definition) is 9. The van der Waals surface area contributed by atoms with E-state index in [1.165, 1.54) is 35.6 Å². The lowest BCUT2D eigenvalue weighted by atomic mass is 10.0. The number of amides is 7. The van der Waals surface area contributed by atoms with Crippen LogP contribution in [0.15, 0.2) is 60.7 Å². The van der Waals surface area contributed by atoms with Crippen LogP contribution in [0.2, 0.25) is 0 Å². The minimum Gasteiger partial charge on any atom is -0.458 e. The number of carbonyl (C=O) groups excluding carboxylic acids is 7. The van der Waals surface area contributed by atoms with Crippen LogP contribution in [0.4, 0.5) is 10.5 Å². The van der Waals surface area contributed by atoms with Crippen molar-refractivity contribution >= 4 is 47.2 Å². The molecule has 3 heterocycles. The van der Waals surface area contributed by atoms with Crippen LogP contribution in [-0.2, 0) is 39.9 Å². The molecule has 16 nitrogen and oxygen atoms in total. The molecule has 0 aromatic heterocycles. The van der Waals surface area contributed by atoms with Gasteiger partial charge < -0.3 is 45.8 Å². The van der Waals surface area contributed by atoms with Crippen molar-refractivity contribution in [3.63, 3.8) is 0 Å². The molecule has 2 aromatic rings. The van der Waals surface area contributed by atoms with Crippen LogP contribution in [0.3, 0.4) is 0 Å². The third-order valence-electron chi connectivity index (χ3n) is 10.1. The second-order valence-electron chi connectivity index (χ2n) is 13.9. The molecular formula is C38H49N7O9. The van der Waals surface area contributed by atoms with Gasteiger partial charge in [-0.2, -0.15) is 0 Å². The minimum atomic E-state index is -1.51. The van der Waals surface area contributed by atoms with E-state index in [1.807, 2.05) is 6.07 Å². The summed E-state index contributed by atoms with van der Waals surface area (Å²) in [6.07, 6.45) is 0.0908. The Hall–Kier alpha value is -5.51. The van der Waals surface area contributed by atoms with E-state index in [4.69, 9.17) is 4.74 Å². The smallest absolute Gasteiger partial charge is 0.329 e. The van der Waals surface area contributed by atoms with Crippen molar-refractivity contribution in [2.45, 2.75) is 94.7 Å². The zero-order chi connectivity index (χ0) is 38.9. The van der Waals surface area contributed by atoms with Crippen molar-refractivity contribution in [3.05, 3.63) is 66.2 Å². The zero-order valence-electron chi connectivity index (χ0n) is 30.7. The van der Waals surface area contributed by atoms with Crippen LogP contribution in [0, 0.1) is 0 Å². The van der Waals surface area contributed by atoms with Crippen molar-refractivity contribution < 1.29 is 43.4 Å². The molecule has 54 heavy (non-hydrogen) atoms. The van der Waals surface area contributed by atoms with Gasteiger partial charge in [0, 0.05) is 38.9 Å². The van der Waals surface area contributed by atoms with E-state index in [0.717, 1.165) is 5.56 Å². The topological polar surface area (TPSA) is 207 Å². The number of rotatable bonds is 8. The first-order valence-electron chi connectivity index (χ1n) is 18.4. The number of anilines is 1. The molecule has 7 atom stereocenters. The van der Waals surface area contributed by atoms with Crippen LogP contribution in [0.25, 0.3) is 0 Å². The molecule has 0 bridgehead atoms. The molecule has 0 unspecified atom stereocenters. The molecular weight excluding hydrogens is 698 g/mol. The number of nitrogens with zero attached hydrogens (tertiary/aromatic N) is 3. The highest BCUT2D eigenvalue weighted by atomic mass is 16.5. The van der Waals surface area contributed by atoms with Gasteiger partial charge in [0.25, 0.3) is 0 Å². The predicted octanol–water partition coefficient (Wildman–Crippen LogP) is 0.546. The third kappa shape index (κ3) is 9.34. The lowest BCUT2D eigenvalue weighted by Gasteiger charge is -2.36. The number of para-hydroxylation sites is 1. The number of benzene rings is 2. The molecule has 3 aliphatic rings. The first-order valence-corrected chi connectivity index (χ1v) is 18.4. The number of cyclic esters (lactones) is 1. The van der Waals surface area contributed by atoms with Gasteiger partial charge in [0.15, 0.2) is 0 Å². The molecule has 3 aliphatic heterocycles. The summed E-state index contributed by atoms with van der Waals surface area (Å²) in [6, 6.07) is 9.95. The number of aliphatic hydroxyl groups is 1. The number of fused-ring (bicyclic) bond motifs is 2. The number of ether oxygens (including phenoxy) is 1. The molecule has 0 saturated carbocycles. The fraction of sp³-hybridized carbons (Fsp3) is 0.500. The summed E-state index contributed by atoms with van der Waals surface area (Å²) in [5.41, 5.74) is 1.21. The molecule has 3 saturated heterocycles. The molecule has 3 fully saturated rings. The molecule has 0 aliphatic carbocycles. The van der Waals surface area contributed by atoms with Gasteiger partial charge in [0.2, 0.25) is 29.5 Å². The summed E-state index contributed by atoms with van der Waals surface area (Å²) in [4.78, 5) is 100. The molecule has 16 heteroatoms. The second kappa shape index (κ2) is 18.0. The minimum absolute atomic E-state index is 0.0468. The van der Waals surface area contributed by atoms with E-state index in [9.17, 15) is 38.7 Å². The van der Waals surface area contributed by atoms with Crippen LogP contribution < -0.4 is 21.3 Å². The average molecular weight is 748 g/mol. The van der Waals surface area contributed by atoms with Crippen LogP contribution in [0.1, 0.15) is 51.5 Å². The van der Waals surface area contributed by atoms with Gasteiger partial charge in [0.1, 0.15) is 42.4 Å². The standard InChI is InChI=1S/C38H49N7O9/c1-23-34(49)45-20-11-17-30(45)37(52)54-24(2)31(36(51)44-19-10-16-29(44)35(50)43(3)28(18-21-46)33(48)39-23)42-32(47)27(22-25-12-6-4-7-13-25)41-38(53)40-26-14-8-5-9-15-26/h4-9,12-15,23-24,27-31,46H,10-11,16-22H2,1-3H3,(H,39,48)(H,42,47)(H2,40,41,53)/t23-,24-,27-,28-,29-,30-,31-/m0/s1. The maximum absolute atomic E-state index is 14.5. The third-order valence-corrected chi connectivity index (χ3v) is 10.1. The highest BCUT2D eigenvalue weighted by Gasteiger charge is 2.45. The number of esters is 1. The number of urea groups is 1. The van der Waals surface area contributed by atoms with Crippen molar-refractivity contribution in [1.29, 1.82) is 0 Å². The molecule has 290 valence electrons. The molecule has 5 rings (SSSR count). The fourth-order valence-corrected chi connectivity index (χ4v) is 7.24. The van der Waals surface area contributed by atoms with Crippen molar-refractivity contribution in [3.8, 4) is 0 Å². The van der Waals surface area contributed by atoms with Crippen LogP contribution in [0.5, 0.6) is 0 Å². The summed E-state index contributed by atoms with van der Waals surface area (Å²) in [5, 5.41) is 20.6. The Labute approximate surface area is 313 Å². The van der Waals surface area contributed by atoms with Gasteiger partial charge in [-0.25, -0.2) is 9.59 Å². The Kier molecular flexibility index (Phi) is 13.2. The largest absolute Gasteiger partial charge is 0.458 e. The van der Waals surface area contributed by atoms with E-state index >= 15 is 0 Å². The van der Waals surface area contributed by atoms with Crippen LogP contribution >= 0.6 is 0 Å². The van der Waals surface area contributed by atoms with Crippen molar-refractivity contribution in [2.75, 3.05) is 32.1 Å². The van der Waals surface area contributed by atoms with E-state index < -0.39 is 90.5 Å². The lowest BCUT2D eigenvalue weighted by molar-refractivity contribution is -0.162. The van der Waals surface area contributed by atoms with E-state index in [1.54, 1.807) is 54.6 Å². The number of nitrogens with one attached hydrogen (secondary N) is 4. The Morgan fingerprint density at radius 3 is 2.13 bits per heavy atom. The Balaban J connectivity index is 1.48. The Bertz CT molecular complexity index is 1690. The average Bonchev–Trinajstić information content (AvgIpc) is 3.86. The number of carbonyl (C=O) groups is 7. The van der Waals surface area contributed by atoms with Gasteiger partial charge in [-0.3, -0.25) is 24.0 Å². The molecule has 7 amide bonds. The molecule has 2 aromatic carbocycles. The summed E-state index contributed by atoms with van der Waals surface area (Å²) >= 11 is 0. The number of likely N-dealkylation sites (N-methyl/N-ethyl adjacent to an activating group) is 1. The Morgan fingerprint density at radius 1 is 0.870 bits per heavy atom. The quantitative estimate of drug-likeness (QED) is 0.239. The molecule has 0 radical (unpaired) electrons. The predicted molar refractivity (Wildman–Crippen MR) is 195 cm³/mol. The zero-order valence-corrected chi connectivity index (χ0v) is 30.7. The second-order valence-corrected chi connectivity index (χ2v) is 13.9. The van der Waals surface area contributed by atoms with Gasteiger partial charge in [-0.15, -0.1) is 0 Å². The summed E-state index contributed by atoms with van der Waals surface area (Å²) in [7, 11) is 1.40. The lowest BCUT2D eigenvalue weighted by Crippen LogP contribution is -2.62. The van der Waals surface area contributed by atoms with Crippen molar-refractivity contribution in [2.24, 2.45) is 0 Å². The monoisotopic (exact) mass is 747 g/mol. The fourth-order valence-electron chi connectivity index (χ4n) is 7.24. The summed E-state index contributed by atoms with van der Waals surface area (Å²) in [5.74, 6) is -4.03. The van der Waals surface area contributed by atoms with E-state index in [-0.39, 0.29) is 38.8 Å². The van der Waals surface area contributed by atoms with Gasteiger partial charge in [-0.05, 0) is 63.6 Å². The maximum Gasteiger partial charge on any atom is 0.329 e. The van der Waals surface area contributed by atoms with Gasteiger partial charge in [-0.1, -0.05) is 48.5 Å². The Morgan fingerprint density at radius 2 is 1.48 bits per heavy atom. The summed E-state index contributed by atoms with van der Waals surface area (Å²) < 4.78 is 5.85. The molecule has 0 spiro atoms. The van der Waals surface area contributed by atoms with Gasteiger partial charge in [0.05, 0.1) is 0 Å². The summed E-state index contributed by atoms with van der Waals surface area (Å²) in [6.45, 7) is 2.86. The number of hydrogen-bond donors (Lipinski definition) is 5.